The monoisotopic (exact) mass is 1060 g/mol. The third kappa shape index (κ3) is 11.6. The number of allylic oxidation sites excluding steroid dienone is 5. The molecule has 5 heterocycles. The van der Waals surface area contributed by atoms with Crippen LogP contribution in [-0.2, 0) is 39.8 Å². The summed E-state index contributed by atoms with van der Waals surface area (Å²) in [6, 6.07) is 4.85. The van der Waals surface area contributed by atoms with E-state index in [1.165, 1.54) is 38.1 Å². The summed E-state index contributed by atoms with van der Waals surface area (Å²) in [4.78, 5) is 82.7. The Labute approximate surface area is 448 Å². The summed E-state index contributed by atoms with van der Waals surface area (Å²) in [5.74, 6) is -5.06. The number of aliphatic hydroxyl groups excluding tert-OH is 2. The van der Waals surface area contributed by atoms with Crippen LogP contribution in [0.5, 0.6) is 23.0 Å². The smallest absolute Gasteiger partial charge is 0.343 e. The van der Waals surface area contributed by atoms with Crippen molar-refractivity contribution in [2.24, 2.45) is 11.3 Å². The second kappa shape index (κ2) is 21.2. The van der Waals surface area contributed by atoms with Gasteiger partial charge in [0.1, 0.15) is 52.3 Å². The van der Waals surface area contributed by atoms with Crippen LogP contribution in [0.4, 0.5) is 0 Å². The molecule has 0 radical (unpaired) electrons. The van der Waals surface area contributed by atoms with E-state index in [2.05, 4.69) is 16.7 Å². The summed E-state index contributed by atoms with van der Waals surface area (Å²) in [6.07, 6.45) is 6.44. The number of ketones is 2. The summed E-state index contributed by atoms with van der Waals surface area (Å²) in [5, 5.41) is 36.3. The number of carbonyl (C=O) groups is 6. The lowest BCUT2D eigenvalue weighted by molar-refractivity contribution is -0.346. The number of hydrogen-bond donors (Lipinski definition) is 5. The van der Waals surface area contributed by atoms with Gasteiger partial charge in [0.05, 0.1) is 28.2 Å². The Kier molecular flexibility index (Phi) is 15.6. The van der Waals surface area contributed by atoms with Gasteiger partial charge in [-0.25, -0.2) is 4.79 Å². The number of ether oxygens (including phenoxy) is 7. The quantitative estimate of drug-likeness (QED) is 0.0297. The van der Waals surface area contributed by atoms with Gasteiger partial charge in [0, 0.05) is 41.9 Å². The largest absolute Gasteiger partial charge is 0.484 e. The molecule has 10 atom stereocenters. The Hall–Kier alpha value is -6.28. The van der Waals surface area contributed by atoms with E-state index < -0.39 is 100 Å². The molecule has 2 aromatic carbocycles. The molecule has 414 valence electrons. The Balaban J connectivity index is 1.15. The number of esters is 1. The van der Waals surface area contributed by atoms with Crippen molar-refractivity contribution < 1.29 is 77.2 Å². The molecule has 3 amide bonds. The van der Waals surface area contributed by atoms with Crippen molar-refractivity contribution in [1.82, 2.24) is 10.6 Å². The highest BCUT2D eigenvalue weighted by Crippen LogP contribution is 2.61. The first kappa shape index (κ1) is 56.9. The Bertz CT molecular complexity index is 2920. The molecule has 1 aliphatic carbocycles. The average Bonchev–Trinajstić information content (AvgIpc) is 3.95. The molecule has 6 aliphatic rings. The summed E-state index contributed by atoms with van der Waals surface area (Å²) in [7, 11) is 0. The minimum Gasteiger partial charge on any atom is -0.484 e. The zero-order valence-electron chi connectivity index (χ0n) is 45.9. The van der Waals surface area contributed by atoms with Gasteiger partial charge in [0.2, 0.25) is 24.0 Å². The number of fused-ring (bicyclic) bond motifs is 5. The molecule has 18 heteroatoms. The number of benzene rings is 2. The standard InChI is InChI=1S/C59H72N2O16/c1-30(2)14-13-25-57(10)26-24-36-45(76-57)35(20-15-31(3)4)46-42(47(36)74-52(68)33-16-18-34(19-17-33)71-53-44(65)39(62)28-41(72-53)75-56(8,9)70)43(64)37-29-58(11)49(48(37)73-46)55(6,7)77-59(12,54(58)69)27-23-32(5)50(66)60-38-21-22-40(63)61-51(38)67/h14-19,23-24,26,29,38-39,41,44,48-49,53,62,65,70H,13,20-22,25,27-28H2,1-12H3,(H,60,66)(H,61,63,67)/b32-23-/t38?,39-,41+,44+,48?,49?,53+,57?,58+,59?/m0/s1. The molecule has 2 aromatic rings. The molecule has 3 fully saturated rings. The fraction of sp³-hybridized carbons (Fsp3) is 0.525. The lowest BCUT2D eigenvalue weighted by Crippen LogP contribution is -2.65. The number of imide groups is 1. The van der Waals surface area contributed by atoms with Gasteiger partial charge in [-0.15, -0.1) is 0 Å². The van der Waals surface area contributed by atoms with E-state index in [0.717, 1.165) is 11.1 Å². The van der Waals surface area contributed by atoms with Crippen LogP contribution in [0.15, 0.2) is 76.9 Å². The zero-order chi connectivity index (χ0) is 56.3. The summed E-state index contributed by atoms with van der Waals surface area (Å²) >= 11 is 0. The molecule has 3 saturated heterocycles. The lowest BCUT2D eigenvalue weighted by atomic mass is 9.61. The Morgan fingerprint density at radius 2 is 1.62 bits per heavy atom. The molecule has 5 N–H and O–H groups in total. The molecule has 0 saturated carbocycles. The van der Waals surface area contributed by atoms with E-state index in [1.807, 2.05) is 66.7 Å². The van der Waals surface area contributed by atoms with E-state index in [-0.39, 0.29) is 77.4 Å². The molecule has 77 heavy (non-hydrogen) atoms. The third-order valence-corrected chi connectivity index (χ3v) is 15.0. The highest BCUT2D eigenvalue weighted by molar-refractivity contribution is 6.17. The van der Waals surface area contributed by atoms with Crippen molar-refractivity contribution in [1.29, 1.82) is 0 Å². The molecular formula is C59H72N2O16. The second-order valence-corrected chi connectivity index (χ2v) is 23.2. The van der Waals surface area contributed by atoms with Gasteiger partial charge in [0.25, 0.3) is 0 Å². The van der Waals surface area contributed by atoms with Gasteiger partial charge >= 0.3 is 5.97 Å². The van der Waals surface area contributed by atoms with E-state index in [0.29, 0.717) is 29.7 Å². The highest BCUT2D eigenvalue weighted by Gasteiger charge is 2.67. The van der Waals surface area contributed by atoms with E-state index in [9.17, 15) is 34.5 Å². The van der Waals surface area contributed by atoms with Crippen LogP contribution in [0.25, 0.3) is 6.08 Å². The topological polar surface area (TPSA) is 252 Å². The van der Waals surface area contributed by atoms with Crippen LogP contribution in [0, 0.1) is 11.3 Å². The van der Waals surface area contributed by atoms with E-state index in [4.69, 9.17) is 33.2 Å². The van der Waals surface area contributed by atoms with Gasteiger partial charge in [-0.2, -0.15) is 0 Å². The van der Waals surface area contributed by atoms with Gasteiger partial charge in [-0.1, -0.05) is 35.5 Å². The molecule has 8 rings (SSSR count). The van der Waals surface area contributed by atoms with Gasteiger partial charge < -0.3 is 53.8 Å². The number of amides is 3. The predicted molar refractivity (Wildman–Crippen MR) is 281 cm³/mol. The number of carbonyl (C=O) groups excluding carboxylic acids is 6. The minimum absolute atomic E-state index is 0.0281. The molecule has 0 spiro atoms. The van der Waals surface area contributed by atoms with Crippen molar-refractivity contribution in [2.45, 2.75) is 188 Å². The third-order valence-electron chi connectivity index (χ3n) is 15.0. The van der Waals surface area contributed by atoms with E-state index in [1.54, 1.807) is 32.9 Å². The molecule has 0 aromatic heterocycles. The van der Waals surface area contributed by atoms with Crippen LogP contribution < -0.4 is 29.6 Å². The predicted octanol–water partition coefficient (Wildman–Crippen LogP) is 7.14. The lowest BCUT2D eigenvalue weighted by Gasteiger charge is -2.54. The van der Waals surface area contributed by atoms with Crippen LogP contribution >= 0.6 is 0 Å². The number of piperidine rings is 1. The maximum atomic E-state index is 15.6. The number of rotatable bonds is 15. The number of Topliss-reactive ketones (excluding diaryl/α,β-unsaturated/α-hetero) is 2. The Morgan fingerprint density at radius 3 is 2.27 bits per heavy atom. The van der Waals surface area contributed by atoms with Crippen molar-refractivity contribution in [3.8, 4) is 23.0 Å². The second-order valence-electron chi connectivity index (χ2n) is 23.2. The molecule has 0 bridgehead atoms. The number of hydrogen-bond acceptors (Lipinski definition) is 16. The first-order chi connectivity index (χ1) is 35.9. The van der Waals surface area contributed by atoms with Gasteiger partial charge in [-0.3, -0.25) is 29.3 Å². The van der Waals surface area contributed by atoms with Crippen molar-refractivity contribution in [2.75, 3.05) is 0 Å². The van der Waals surface area contributed by atoms with Crippen LogP contribution in [0.3, 0.4) is 0 Å². The Morgan fingerprint density at radius 1 is 0.935 bits per heavy atom. The first-order valence-corrected chi connectivity index (χ1v) is 26.2. The molecule has 5 aliphatic heterocycles. The maximum absolute atomic E-state index is 15.6. The highest BCUT2D eigenvalue weighted by atomic mass is 16.8. The first-order valence-electron chi connectivity index (χ1n) is 26.2. The molecule has 18 nitrogen and oxygen atoms in total. The zero-order valence-corrected chi connectivity index (χ0v) is 45.9. The maximum Gasteiger partial charge on any atom is 0.343 e. The SMILES string of the molecule is CC(C)=CCCC1(C)C=Cc2c(c(CC=C(C)C)c3c(c2OC(=O)c2ccc(O[C@@H]4O[C@H](OC(C)(C)O)C[C@H](O)[C@H]4O)cc2)C(=O)C2=C[C@@]4(C)C(=O)C(C)(C/C=C(/C)C(=O)NC5CCC(=O)NC5=O)OC(C)(C)C4C2O3)O1. The van der Waals surface area contributed by atoms with E-state index >= 15 is 9.59 Å². The molecule has 5 unspecified atom stereocenters. The van der Waals surface area contributed by atoms with Crippen molar-refractivity contribution in [3.63, 3.8) is 0 Å². The van der Waals surface area contributed by atoms with Crippen LogP contribution in [0.2, 0.25) is 0 Å². The summed E-state index contributed by atoms with van der Waals surface area (Å²) in [6.45, 7) is 21.4. The van der Waals surface area contributed by atoms with Crippen LogP contribution in [-0.4, -0.2) is 110 Å². The van der Waals surface area contributed by atoms with Gasteiger partial charge in [0.15, 0.2) is 29.4 Å². The molecular weight excluding hydrogens is 993 g/mol. The summed E-state index contributed by atoms with van der Waals surface area (Å²) in [5.41, 5.74) is -1.37. The average molecular weight is 1070 g/mol. The van der Waals surface area contributed by atoms with Crippen molar-refractivity contribution in [3.05, 3.63) is 99.2 Å². The van der Waals surface area contributed by atoms with Crippen LogP contribution in [0.1, 0.15) is 153 Å². The van der Waals surface area contributed by atoms with Crippen molar-refractivity contribution >= 4 is 41.3 Å². The number of nitrogens with one attached hydrogen (secondary N) is 2. The van der Waals surface area contributed by atoms with Gasteiger partial charge in [-0.05, 0) is 145 Å². The number of aliphatic hydroxyl groups is 3. The summed E-state index contributed by atoms with van der Waals surface area (Å²) < 4.78 is 44.4. The fourth-order valence-electron chi connectivity index (χ4n) is 11.3. The fourth-order valence-corrected chi connectivity index (χ4v) is 11.3. The minimum atomic E-state index is -1.60. The normalized spacial score (nSPS) is 30.2.